The molecule has 25 heavy (non-hydrogen) atoms. The minimum Gasteiger partial charge on any atom is -0.462 e. The van der Waals surface area contributed by atoms with E-state index in [1.54, 1.807) is 43.3 Å². The molecule has 0 amide bonds. The first-order chi connectivity index (χ1) is 12.0. The Hall–Kier alpha value is -2.01. The fourth-order valence-corrected chi connectivity index (χ4v) is 3.13. The van der Waals surface area contributed by atoms with Crippen LogP contribution in [0, 0.1) is 0 Å². The van der Waals surface area contributed by atoms with E-state index in [1.807, 2.05) is 0 Å². The Morgan fingerprint density at radius 3 is 2.48 bits per heavy atom. The normalized spacial score (nSPS) is 10.7. The molecule has 0 radical (unpaired) electrons. The zero-order valence-electron chi connectivity index (χ0n) is 13.1. The molecule has 1 N–H and O–H groups in total. The van der Waals surface area contributed by atoms with Gasteiger partial charge in [0.15, 0.2) is 0 Å². The van der Waals surface area contributed by atoms with Gasteiger partial charge in [0.25, 0.3) is 0 Å². The number of rotatable bonds is 4. The number of nitrogens with one attached hydrogen (secondary N) is 1. The van der Waals surface area contributed by atoms with Crippen LogP contribution >= 0.6 is 34.8 Å². The Kier molecular flexibility index (Phi) is 5.33. The van der Waals surface area contributed by atoms with Crippen molar-refractivity contribution >= 4 is 63.0 Å². The van der Waals surface area contributed by atoms with E-state index in [4.69, 9.17) is 39.5 Å². The van der Waals surface area contributed by atoms with Gasteiger partial charge in [0.1, 0.15) is 5.56 Å². The van der Waals surface area contributed by atoms with Crippen LogP contribution in [-0.2, 0) is 4.74 Å². The highest BCUT2D eigenvalue weighted by Crippen LogP contribution is 2.33. The molecule has 7 heteroatoms. The van der Waals surface area contributed by atoms with E-state index in [0.29, 0.717) is 42.9 Å². The number of anilines is 2. The summed E-state index contributed by atoms with van der Waals surface area (Å²) in [4.78, 5) is 16.6. The number of hydrogen-bond donors (Lipinski definition) is 1. The molecule has 0 aliphatic carbocycles. The van der Waals surface area contributed by atoms with Crippen molar-refractivity contribution in [3.05, 3.63) is 63.2 Å². The Labute approximate surface area is 159 Å². The van der Waals surface area contributed by atoms with Gasteiger partial charge in [0, 0.05) is 32.3 Å². The molecule has 4 nitrogen and oxygen atoms in total. The molecular formula is C18H13Cl3N2O2. The second kappa shape index (κ2) is 7.48. The number of nitrogens with zero attached hydrogens (tertiary/aromatic N) is 1. The van der Waals surface area contributed by atoms with Crippen molar-refractivity contribution in [3.8, 4) is 0 Å². The molecule has 3 rings (SSSR count). The molecule has 0 unspecified atom stereocenters. The number of esters is 1. The predicted octanol–water partition coefficient (Wildman–Crippen LogP) is 6.12. The fraction of sp³-hybridized carbons (Fsp3) is 0.111. The highest BCUT2D eigenvalue weighted by molar-refractivity contribution is 6.35. The first kappa shape index (κ1) is 17.8. The van der Waals surface area contributed by atoms with Crippen LogP contribution in [0.2, 0.25) is 15.1 Å². The molecule has 0 saturated heterocycles. The molecule has 3 aromatic rings. The average Bonchev–Trinajstić information content (AvgIpc) is 2.54. The number of aromatic nitrogens is 1. The first-order valence-corrected chi connectivity index (χ1v) is 8.60. The van der Waals surface area contributed by atoms with Crippen molar-refractivity contribution in [1.82, 2.24) is 4.98 Å². The monoisotopic (exact) mass is 394 g/mol. The standard InChI is InChI=1S/C18H13Cl3N2O2/c1-2-25-18(24)15-9-22-16-4-3-10(19)8-14(16)17(15)23-13-6-11(20)5-12(21)7-13/h3-9H,2H2,1H3,(H,22,23). The van der Waals surface area contributed by atoms with Crippen LogP contribution in [0.5, 0.6) is 0 Å². The van der Waals surface area contributed by atoms with Crippen molar-refractivity contribution < 1.29 is 9.53 Å². The maximum Gasteiger partial charge on any atom is 0.341 e. The second-order valence-corrected chi connectivity index (χ2v) is 6.52. The topological polar surface area (TPSA) is 51.2 Å². The summed E-state index contributed by atoms with van der Waals surface area (Å²) in [5.41, 5.74) is 2.15. The third kappa shape index (κ3) is 3.98. The van der Waals surface area contributed by atoms with Crippen LogP contribution < -0.4 is 5.32 Å². The van der Waals surface area contributed by atoms with Crippen LogP contribution in [0.25, 0.3) is 10.9 Å². The summed E-state index contributed by atoms with van der Waals surface area (Å²) in [6.07, 6.45) is 1.47. The van der Waals surface area contributed by atoms with Gasteiger partial charge < -0.3 is 10.1 Å². The number of ether oxygens (including phenoxy) is 1. The van der Waals surface area contributed by atoms with E-state index in [1.165, 1.54) is 6.20 Å². The maximum atomic E-state index is 12.3. The number of carbonyl (C=O) groups is 1. The van der Waals surface area contributed by atoms with Gasteiger partial charge in [-0.2, -0.15) is 0 Å². The third-order valence-electron chi connectivity index (χ3n) is 3.46. The summed E-state index contributed by atoms with van der Waals surface area (Å²) in [7, 11) is 0. The van der Waals surface area contributed by atoms with Crippen LogP contribution in [0.4, 0.5) is 11.4 Å². The van der Waals surface area contributed by atoms with Crippen molar-refractivity contribution in [2.24, 2.45) is 0 Å². The number of fused-ring (bicyclic) bond motifs is 1. The minimum atomic E-state index is -0.479. The molecule has 0 aliphatic rings. The summed E-state index contributed by atoms with van der Waals surface area (Å²) in [5.74, 6) is -0.479. The SMILES string of the molecule is CCOC(=O)c1cnc2ccc(Cl)cc2c1Nc1cc(Cl)cc(Cl)c1. The molecule has 128 valence electrons. The molecule has 0 aliphatic heterocycles. The number of benzene rings is 2. The van der Waals surface area contributed by atoms with Gasteiger partial charge in [0.05, 0.1) is 17.8 Å². The summed E-state index contributed by atoms with van der Waals surface area (Å²) in [6.45, 7) is 2.00. The van der Waals surface area contributed by atoms with E-state index in [2.05, 4.69) is 10.3 Å². The molecule has 0 bridgehead atoms. The van der Waals surface area contributed by atoms with Crippen LogP contribution in [0.1, 0.15) is 17.3 Å². The Balaban J connectivity index is 2.19. The number of halogens is 3. The smallest absolute Gasteiger partial charge is 0.341 e. The lowest BCUT2D eigenvalue weighted by Crippen LogP contribution is -2.09. The lowest BCUT2D eigenvalue weighted by atomic mass is 10.1. The zero-order valence-corrected chi connectivity index (χ0v) is 15.4. The summed E-state index contributed by atoms with van der Waals surface area (Å²) < 4.78 is 5.13. The van der Waals surface area contributed by atoms with E-state index in [-0.39, 0.29) is 6.61 Å². The Morgan fingerprint density at radius 2 is 1.80 bits per heavy atom. The molecule has 0 fully saturated rings. The fourth-order valence-electron chi connectivity index (χ4n) is 2.43. The largest absolute Gasteiger partial charge is 0.462 e. The van der Waals surface area contributed by atoms with Gasteiger partial charge in [-0.15, -0.1) is 0 Å². The Bertz CT molecular complexity index is 940. The molecular weight excluding hydrogens is 383 g/mol. The predicted molar refractivity (Wildman–Crippen MR) is 102 cm³/mol. The Morgan fingerprint density at radius 1 is 1.08 bits per heavy atom. The lowest BCUT2D eigenvalue weighted by Gasteiger charge is -2.15. The van der Waals surface area contributed by atoms with E-state index in [9.17, 15) is 4.79 Å². The van der Waals surface area contributed by atoms with Crippen LogP contribution in [-0.4, -0.2) is 17.6 Å². The van der Waals surface area contributed by atoms with Crippen molar-refractivity contribution in [3.63, 3.8) is 0 Å². The van der Waals surface area contributed by atoms with Gasteiger partial charge in [0.2, 0.25) is 0 Å². The van der Waals surface area contributed by atoms with E-state index < -0.39 is 5.97 Å². The number of hydrogen-bond acceptors (Lipinski definition) is 4. The number of pyridine rings is 1. The van der Waals surface area contributed by atoms with Crippen LogP contribution in [0.15, 0.2) is 42.6 Å². The summed E-state index contributed by atoms with van der Waals surface area (Å²) in [6, 6.07) is 10.3. The highest BCUT2D eigenvalue weighted by Gasteiger charge is 2.17. The lowest BCUT2D eigenvalue weighted by molar-refractivity contribution is 0.0527. The van der Waals surface area contributed by atoms with Gasteiger partial charge in [-0.1, -0.05) is 34.8 Å². The summed E-state index contributed by atoms with van der Waals surface area (Å²) >= 11 is 18.2. The molecule has 0 spiro atoms. The number of carbonyl (C=O) groups excluding carboxylic acids is 1. The molecule has 1 aromatic heterocycles. The van der Waals surface area contributed by atoms with E-state index >= 15 is 0 Å². The minimum absolute atomic E-state index is 0.259. The van der Waals surface area contributed by atoms with Crippen molar-refractivity contribution in [2.75, 3.05) is 11.9 Å². The zero-order chi connectivity index (χ0) is 18.0. The average molecular weight is 396 g/mol. The second-order valence-electron chi connectivity index (χ2n) is 5.21. The molecule has 2 aromatic carbocycles. The summed E-state index contributed by atoms with van der Waals surface area (Å²) in [5, 5.41) is 5.37. The molecule has 0 atom stereocenters. The van der Waals surface area contributed by atoms with Gasteiger partial charge in [-0.3, -0.25) is 4.98 Å². The van der Waals surface area contributed by atoms with Gasteiger partial charge >= 0.3 is 5.97 Å². The highest BCUT2D eigenvalue weighted by atomic mass is 35.5. The molecule has 0 saturated carbocycles. The van der Waals surface area contributed by atoms with E-state index in [0.717, 1.165) is 0 Å². The van der Waals surface area contributed by atoms with Crippen LogP contribution in [0.3, 0.4) is 0 Å². The first-order valence-electron chi connectivity index (χ1n) is 7.46. The van der Waals surface area contributed by atoms with Gasteiger partial charge in [-0.25, -0.2) is 4.79 Å². The maximum absolute atomic E-state index is 12.3. The third-order valence-corrected chi connectivity index (χ3v) is 4.13. The molecule has 1 heterocycles. The van der Waals surface area contributed by atoms with Crippen molar-refractivity contribution in [1.29, 1.82) is 0 Å². The van der Waals surface area contributed by atoms with Crippen molar-refractivity contribution in [2.45, 2.75) is 6.92 Å². The quantitative estimate of drug-likeness (QED) is 0.541. The van der Waals surface area contributed by atoms with Gasteiger partial charge in [-0.05, 0) is 43.3 Å².